The summed E-state index contributed by atoms with van der Waals surface area (Å²) in [6.07, 6.45) is 7.76. The number of hydrogen-bond donors (Lipinski definition) is 0. The van der Waals surface area contributed by atoms with E-state index in [2.05, 4.69) is 6.07 Å². The molecule has 0 bridgehead atoms. The van der Waals surface area contributed by atoms with Crippen molar-refractivity contribution in [3.63, 3.8) is 0 Å². The van der Waals surface area contributed by atoms with Crippen LogP contribution in [-0.2, 0) is 0 Å². The molecule has 0 aromatic heterocycles. The second-order valence-corrected chi connectivity index (χ2v) is 6.10. The predicted molar refractivity (Wildman–Crippen MR) is 66.4 cm³/mol. The molecular formula is C14H18N2O2. The van der Waals surface area contributed by atoms with Gasteiger partial charge in [0.25, 0.3) is 0 Å². The molecule has 3 aliphatic carbocycles. The molecule has 0 amide bonds. The van der Waals surface area contributed by atoms with Crippen LogP contribution in [0.25, 0.3) is 0 Å². The molecule has 0 unspecified atom stereocenters. The molecule has 0 aromatic carbocycles. The van der Waals surface area contributed by atoms with Crippen LogP contribution in [0.5, 0.6) is 0 Å². The molecular weight excluding hydrogens is 228 g/mol. The van der Waals surface area contributed by atoms with E-state index in [0.29, 0.717) is 25.7 Å². The lowest BCUT2D eigenvalue weighted by atomic mass is 9.60. The van der Waals surface area contributed by atoms with Gasteiger partial charge in [-0.25, -0.2) is 0 Å². The van der Waals surface area contributed by atoms with Crippen molar-refractivity contribution in [2.24, 2.45) is 5.41 Å². The standard InChI is InChI=1S/C14H18N2O2/c15-10-13-6-3-7-14(13,16(17)18)9-12-5-2-1-4-11(12)8-13/h1-9H2/t13-,14-/m1/s1. The van der Waals surface area contributed by atoms with Gasteiger partial charge in [-0.15, -0.1) is 0 Å². The van der Waals surface area contributed by atoms with Crippen molar-refractivity contribution in [1.82, 2.24) is 0 Å². The van der Waals surface area contributed by atoms with Crippen molar-refractivity contribution in [2.45, 2.75) is 63.3 Å². The van der Waals surface area contributed by atoms with Crippen molar-refractivity contribution >= 4 is 0 Å². The first-order valence-corrected chi connectivity index (χ1v) is 6.89. The van der Waals surface area contributed by atoms with Crippen LogP contribution in [0.4, 0.5) is 0 Å². The Bertz CT molecular complexity index is 477. The summed E-state index contributed by atoms with van der Waals surface area (Å²) in [4.78, 5) is 11.5. The van der Waals surface area contributed by atoms with E-state index in [-0.39, 0.29) is 4.92 Å². The van der Waals surface area contributed by atoms with Crippen LogP contribution < -0.4 is 0 Å². The highest BCUT2D eigenvalue weighted by molar-refractivity contribution is 5.33. The number of allylic oxidation sites excluding steroid dienone is 1. The Morgan fingerprint density at radius 1 is 1.11 bits per heavy atom. The third-order valence-corrected chi connectivity index (χ3v) is 5.38. The molecule has 0 spiro atoms. The van der Waals surface area contributed by atoms with Crippen molar-refractivity contribution < 1.29 is 4.92 Å². The fourth-order valence-electron chi connectivity index (χ4n) is 4.37. The highest BCUT2D eigenvalue weighted by Crippen LogP contribution is 2.59. The maximum Gasteiger partial charge on any atom is 0.244 e. The summed E-state index contributed by atoms with van der Waals surface area (Å²) in [5.41, 5.74) is 0.998. The van der Waals surface area contributed by atoms with Gasteiger partial charge in [-0.3, -0.25) is 10.1 Å². The molecule has 4 heteroatoms. The van der Waals surface area contributed by atoms with E-state index in [1.165, 1.54) is 17.6 Å². The molecule has 18 heavy (non-hydrogen) atoms. The average Bonchev–Trinajstić information content (AvgIpc) is 2.75. The summed E-state index contributed by atoms with van der Waals surface area (Å²) < 4.78 is 0. The van der Waals surface area contributed by atoms with Gasteiger partial charge >= 0.3 is 0 Å². The SMILES string of the molecule is N#C[C@]12CCC[C@@]1([N+](=O)[O-])CC1=C(CCCC1)C2. The topological polar surface area (TPSA) is 66.9 Å². The van der Waals surface area contributed by atoms with Gasteiger partial charge < -0.3 is 0 Å². The smallest absolute Gasteiger partial charge is 0.244 e. The molecule has 1 fully saturated rings. The zero-order valence-electron chi connectivity index (χ0n) is 10.6. The maximum absolute atomic E-state index is 11.6. The van der Waals surface area contributed by atoms with E-state index >= 15 is 0 Å². The summed E-state index contributed by atoms with van der Waals surface area (Å²) in [6.45, 7) is 0. The zero-order chi connectivity index (χ0) is 12.8. The Labute approximate surface area is 107 Å². The van der Waals surface area contributed by atoms with Crippen LogP contribution in [0.2, 0.25) is 0 Å². The molecule has 96 valence electrons. The number of nitro groups is 1. The Morgan fingerprint density at radius 3 is 2.39 bits per heavy atom. The molecule has 0 aliphatic heterocycles. The van der Waals surface area contributed by atoms with Gasteiger partial charge in [0.15, 0.2) is 0 Å². The van der Waals surface area contributed by atoms with E-state index < -0.39 is 11.0 Å². The first-order chi connectivity index (χ1) is 8.63. The quantitative estimate of drug-likeness (QED) is 0.404. The Kier molecular flexibility index (Phi) is 2.48. The van der Waals surface area contributed by atoms with Crippen molar-refractivity contribution in [3.8, 4) is 6.07 Å². The fraction of sp³-hybridized carbons (Fsp3) is 0.786. The number of nitriles is 1. The lowest BCUT2D eigenvalue weighted by Crippen LogP contribution is -2.52. The molecule has 0 saturated heterocycles. The summed E-state index contributed by atoms with van der Waals surface area (Å²) in [7, 11) is 0. The highest BCUT2D eigenvalue weighted by Gasteiger charge is 2.66. The molecule has 1 saturated carbocycles. The molecule has 4 nitrogen and oxygen atoms in total. The van der Waals surface area contributed by atoms with Gasteiger partial charge in [-0.05, 0) is 44.9 Å². The Balaban J connectivity index is 2.09. The van der Waals surface area contributed by atoms with E-state index in [0.717, 1.165) is 25.7 Å². The number of fused-ring (bicyclic) bond motifs is 1. The van der Waals surface area contributed by atoms with Gasteiger partial charge in [0.1, 0.15) is 5.41 Å². The van der Waals surface area contributed by atoms with Crippen LogP contribution in [0.3, 0.4) is 0 Å². The normalized spacial score (nSPS) is 38.8. The first kappa shape index (κ1) is 11.7. The zero-order valence-corrected chi connectivity index (χ0v) is 10.6. The first-order valence-electron chi connectivity index (χ1n) is 6.89. The van der Waals surface area contributed by atoms with Crippen LogP contribution in [0.15, 0.2) is 11.1 Å². The molecule has 3 aliphatic rings. The van der Waals surface area contributed by atoms with Crippen molar-refractivity contribution in [3.05, 3.63) is 21.3 Å². The molecule has 0 N–H and O–H groups in total. The van der Waals surface area contributed by atoms with Gasteiger partial charge in [0.2, 0.25) is 5.54 Å². The largest absolute Gasteiger partial charge is 0.264 e. The summed E-state index contributed by atoms with van der Waals surface area (Å²) >= 11 is 0. The van der Waals surface area contributed by atoms with Gasteiger partial charge in [0.05, 0.1) is 6.07 Å². The minimum Gasteiger partial charge on any atom is -0.264 e. The van der Waals surface area contributed by atoms with Crippen LogP contribution in [0, 0.1) is 26.9 Å². The maximum atomic E-state index is 11.6. The van der Waals surface area contributed by atoms with Crippen LogP contribution in [-0.4, -0.2) is 10.5 Å². The second kappa shape index (κ2) is 3.81. The number of hydrogen-bond acceptors (Lipinski definition) is 3. The Morgan fingerprint density at radius 2 is 1.78 bits per heavy atom. The summed E-state index contributed by atoms with van der Waals surface area (Å²) in [5, 5.41) is 21.2. The molecule has 0 radical (unpaired) electrons. The number of rotatable bonds is 1. The monoisotopic (exact) mass is 246 g/mol. The van der Waals surface area contributed by atoms with Crippen LogP contribution >= 0.6 is 0 Å². The van der Waals surface area contributed by atoms with Crippen molar-refractivity contribution in [2.75, 3.05) is 0 Å². The van der Waals surface area contributed by atoms with E-state index in [1.807, 2.05) is 0 Å². The second-order valence-electron chi connectivity index (χ2n) is 6.10. The lowest BCUT2D eigenvalue weighted by molar-refractivity contribution is -0.585. The summed E-state index contributed by atoms with van der Waals surface area (Å²) in [6, 6.07) is 2.36. The minimum atomic E-state index is -0.974. The third-order valence-electron chi connectivity index (χ3n) is 5.38. The van der Waals surface area contributed by atoms with Crippen LogP contribution in [0.1, 0.15) is 57.8 Å². The predicted octanol–water partition coefficient (Wildman–Crippen LogP) is 3.36. The molecule has 0 aromatic rings. The average molecular weight is 246 g/mol. The Hall–Kier alpha value is -1.37. The van der Waals surface area contributed by atoms with Gasteiger partial charge in [-0.2, -0.15) is 5.26 Å². The van der Waals surface area contributed by atoms with E-state index in [9.17, 15) is 15.4 Å². The number of nitrogens with zero attached hydrogens (tertiary/aromatic N) is 2. The fourth-order valence-corrected chi connectivity index (χ4v) is 4.37. The van der Waals surface area contributed by atoms with E-state index in [1.54, 1.807) is 0 Å². The van der Waals surface area contributed by atoms with Crippen molar-refractivity contribution in [1.29, 1.82) is 5.26 Å². The molecule has 0 heterocycles. The van der Waals surface area contributed by atoms with Gasteiger partial charge in [0, 0.05) is 17.8 Å². The summed E-state index contributed by atoms with van der Waals surface area (Å²) in [5.74, 6) is 0. The third kappa shape index (κ3) is 1.31. The molecule has 3 rings (SSSR count). The van der Waals surface area contributed by atoms with Gasteiger partial charge in [-0.1, -0.05) is 11.1 Å². The molecule has 2 atom stereocenters. The minimum absolute atomic E-state index is 0.123. The lowest BCUT2D eigenvalue weighted by Gasteiger charge is -2.41. The van der Waals surface area contributed by atoms with E-state index in [4.69, 9.17) is 0 Å². The highest BCUT2D eigenvalue weighted by atomic mass is 16.6.